The summed E-state index contributed by atoms with van der Waals surface area (Å²) >= 11 is 34.5. The second-order valence-electron chi connectivity index (χ2n) is 24.0. The van der Waals surface area contributed by atoms with Gasteiger partial charge in [-0.15, -0.1) is 0 Å². The maximum atomic E-state index is 13.0. The summed E-state index contributed by atoms with van der Waals surface area (Å²) in [4.78, 5) is 28.3. The normalized spacial score (nSPS) is 15.0. The minimum Gasteiger partial charge on any atom is -0.423 e. The minimum absolute atomic E-state index is 0.0546. The number of rotatable bonds is 11. The molecule has 500 valence electrons. The molecule has 0 saturated heterocycles. The van der Waals surface area contributed by atoms with Crippen molar-refractivity contribution in [2.45, 2.75) is 89.6 Å². The van der Waals surface area contributed by atoms with E-state index in [0.29, 0.717) is 39.5 Å². The molecule has 2 aliphatic heterocycles. The quantitative estimate of drug-likeness (QED) is 0.0708. The van der Waals surface area contributed by atoms with Gasteiger partial charge in [0.05, 0.1) is 47.6 Å². The van der Waals surface area contributed by atoms with Crippen LogP contribution in [0.4, 0.5) is 11.4 Å². The van der Waals surface area contributed by atoms with Crippen LogP contribution in [0, 0.1) is 13.8 Å². The number of halogens is 7. The highest BCUT2D eigenvalue weighted by Crippen LogP contribution is 2.42. The first kappa shape index (κ1) is 75.2. The molecule has 0 radical (unpaired) electrons. The van der Waals surface area contributed by atoms with Gasteiger partial charge in [0.2, 0.25) is 11.8 Å². The summed E-state index contributed by atoms with van der Waals surface area (Å²) in [7, 11) is 2.89. The summed E-state index contributed by atoms with van der Waals surface area (Å²) in [5.41, 5.74) is 27.9. The van der Waals surface area contributed by atoms with Gasteiger partial charge in [0, 0.05) is 83.0 Å². The Morgan fingerprint density at radius 3 is 1.52 bits per heavy atom. The van der Waals surface area contributed by atoms with E-state index < -0.39 is 18.1 Å². The number of likely N-dealkylation sites (N-methyl/N-ethyl adjacent to an activating group) is 2. The molecule has 0 spiro atoms. The summed E-state index contributed by atoms with van der Waals surface area (Å²) in [6.07, 6.45) is 4.29. The van der Waals surface area contributed by atoms with E-state index in [1.807, 2.05) is 204 Å². The van der Waals surface area contributed by atoms with Crippen LogP contribution in [0.25, 0.3) is 11.1 Å². The first-order valence-electron chi connectivity index (χ1n) is 30.4. The smallest absolute Gasteiger partial charge is 0.423 e. The third-order valence-corrected chi connectivity index (χ3v) is 20.6. The van der Waals surface area contributed by atoms with Gasteiger partial charge in [0.25, 0.3) is 0 Å². The van der Waals surface area contributed by atoms with Gasteiger partial charge in [-0.3, -0.25) is 9.59 Å². The van der Waals surface area contributed by atoms with Gasteiger partial charge in [-0.05, 0) is 205 Å². The van der Waals surface area contributed by atoms with E-state index in [2.05, 4.69) is 99.9 Å². The Hall–Kier alpha value is -6.59. The maximum Gasteiger partial charge on any atom is 0.493 e. The average Bonchev–Trinajstić information content (AvgIpc) is 0.858. The third-order valence-electron chi connectivity index (χ3n) is 16.3. The predicted octanol–water partition coefficient (Wildman–Crippen LogP) is 17.7. The number of fused-ring (bicyclic) bond motifs is 2. The fraction of sp³-hybridized carbons (Fsp3) is 0.233. The minimum atomic E-state index is -1.47. The van der Waals surface area contributed by atoms with Crippen LogP contribution < -0.4 is 16.9 Å². The standard InChI is InChI=1S/C21H19ClN2O2.C18H22BrClN2OS.C16H13BrClNO.C15H15BrClN.C3H4BNO3/c1-12-20(13(2)26-23-12)16-5-4-15-11-19(25)24(3)21(18(15)10-16)14-6-8-17(22)9-7-14;1-18(2,3)24(23)22(4)17(12-5-8-14(20)9-6-12)15-11-13(19)7-10-16(15)21;1-19-15(20)8-11-2-5-12(17)9-14(11)16(19)10-3-6-13(18)7-4-10;1-2-13(10-3-6-12(17)7-4-10)14-9-11(16)5-8-15(14)18;6-4(7)3-1-5-8-2-3/h4-10,21H,11H2,1-3H3;5-11,17H,21H2,1-4H3;2-7,9,16H,8H2,1H3;3-9,13H,2,18H2,1H3;1-2,6-7H. The number of aromatic nitrogens is 2. The van der Waals surface area contributed by atoms with Gasteiger partial charge in [-0.25, -0.2) is 8.51 Å². The molecule has 5 unspecified atom stereocenters. The lowest BCUT2D eigenvalue weighted by molar-refractivity contribution is -0.132. The molecule has 0 aliphatic carbocycles. The molecule has 0 fully saturated rings. The number of benzene rings is 8. The van der Waals surface area contributed by atoms with Crippen LogP contribution in [0.2, 0.25) is 20.1 Å². The number of hydrogen-bond donors (Lipinski definition) is 4. The number of anilines is 2. The lowest BCUT2D eigenvalue weighted by atomic mass is 9.83. The number of carbonyl (C=O) groups is 2. The highest BCUT2D eigenvalue weighted by molar-refractivity contribution is 9.11. The Morgan fingerprint density at radius 1 is 0.646 bits per heavy atom. The molecule has 6 N–H and O–H groups in total. The molecule has 2 amide bonds. The van der Waals surface area contributed by atoms with E-state index in [-0.39, 0.29) is 40.1 Å². The van der Waals surface area contributed by atoms with Crippen molar-refractivity contribution in [3.63, 3.8) is 0 Å². The van der Waals surface area contributed by atoms with Gasteiger partial charge < -0.3 is 40.4 Å². The van der Waals surface area contributed by atoms with Crippen molar-refractivity contribution >= 4 is 141 Å². The SMILES string of the molecule is CCC(c1ccc(Cl)cc1)c1cc(Br)ccc1N.CN(C(c1ccc(Cl)cc1)c1cc(Br)ccc1N)S(=O)C(C)(C)C.CN1C(=O)Cc2ccc(Br)cc2C1c1ccc(Cl)cc1.Cc1noc(C)c1-c1ccc2c(c1)C(c1ccc(Cl)cc1)N(C)C(=O)C2.OB(O)c1cnoc1. The van der Waals surface area contributed by atoms with Crippen molar-refractivity contribution in [2.75, 3.05) is 32.6 Å². The molecule has 8 aromatic carbocycles. The molecule has 2 aromatic heterocycles. The number of carbonyl (C=O) groups excluding carboxylic acids is 2. The largest absolute Gasteiger partial charge is 0.493 e. The Kier molecular flexibility index (Phi) is 26.5. The summed E-state index contributed by atoms with van der Waals surface area (Å²) in [6.45, 7) is 11.9. The predicted molar refractivity (Wildman–Crippen MR) is 401 cm³/mol. The van der Waals surface area contributed by atoms with E-state index in [1.165, 1.54) is 23.6 Å². The highest BCUT2D eigenvalue weighted by atomic mass is 79.9. The number of nitrogen functional groups attached to an aromatic ring is 2. The topological polar surface area (TPSA) is 205 Å². The van der Waals surface area contributed by atoms with E-state index in [0.717, 1.165) is 97.6 Å². The van der Waals surface area contributed by atoms with Crippen molar-refractivity contribution in [1.29, 1.82) is 0 Å². The highest BCUT2D eigenvalue weighted by Gasteiger charge is 2.35. The van der Waals surface area contributed by atoms with Crippen molar-refractivity contribution in [1.82, 2.24) is 24.4 Å². The van der Waals surface area contributed by atoms with Gasteiger partial charge in [0.15, 0.2) is 0 Å². The number of nitrogens with two attached hydrogens (primary N) is 2. The first-order chi connectivity index (χ1) is 45.5. The van der Waals surface area contributed by atoms with Crippen molar-refractivity contribution in [3.05, 3.63) is 283 Å². The summed E-state index contributed by atoms with van der Waals surface area (Å²) < 4.78 is 27.1. The second kappa shape index (κ2) is 33.8. The fourth-order valence-electron chi connectivity index (χ4n) is 11.5. The molecule has 96 heavy (non-hydrogen) atoms. The van der Waals surface area contributed by atoms with Gasteiger partial charge in [-0.2, -0.15) is 0 Å². The molecule has 14 nitrogen and oxygen atoms in total. The molecule has 12 rings (SSSR count). The van der Waals surface area contributed by atoms with Crippen LogP contribution in [0.3, 0.4) is 0 Å². The zero-order chi connectivity index (χ0) is 69.9. The second-order valence-corrected chi connectivity index (χ2v) is 30.8. The monoisotopic (exact) mass is 1580 g/mol. The van der Waals surface area contributed by atoms with E-state index in [1.54, 1.807) is 4.90 Å². The van der Waals surface area contributed by atoms with E-state index in [4.69, 9.17) is 72.4 Å². The molecular weight excluding hydrogens is 1510 g/mol. The van der Waals surface area contributed by atoms with Crippen molar-refractivity contribution < 1.29 is 32.9 Å². The summed E-state index contributed by atoms with van der Waals surface area (Å²) in [6, 6.07) is 54.6. The molecule has 23 heteroatoms. The van der Waals surface area contributed by atoms with E-state index in [9.17, 15) is 13.8 Å². The van der Waals surface area contributed by atoms with Crippen LogP contribution in [0.15, 0.2) is 205 Å². The maximum absolute atomic E-state index is 13.0. The fourth-order valence-corrected chi connectivity index (χ4v) is 14.4. The number of aryl methyl sites for hydroxylation is 2. The first-order valence-corrected chi connectivity index (χ1v) is 35.4. The average molecular weight is 1580 g/mol. The Bertz CT molecular complexity index is 4300. The summed E-state index contributed by atoms with van der Waals surface area (Å²) in [5, 5.41) is 26.9. The molecule has 4 heterocycles. The molecule has 2 aliphatic rings. The molecule has 10 aromatic rings. The number of amides is 2. The Labute approximate surface area is 609 Å². The lowest BCUT2D eigenvalue weighted by Crippen LogP contribution is -2.38. The van der Waals surface area contributed by atoms with Crippen LogP contribution in [-0.4, -0.2) is 83.5 Å². The van der Waals surface area contributed by atoms with E-state index >= 15 is 0 Å². The zero-order valence-electron chi connectivity index (χ0n) is 54.2. The molecule has 0 saturated carbocycles. The van der Waals surface area contributed by atoms with Crippen molar-refractivity contribution in [3.8, 4) is 11.1 Å². The van der Waals surface area contributed by atoms with Crippen LogP contribution in [0.5, 0.6) is 0 Å². The third kappa shape index (κ3) is 19.0. The summed E-state index contributed by atoms with van der Waals surface area (Å²) in [5.74, 6) is 1.35. The molecular formula is C73H73BBr3Cl4N7O7S. The lowest BCUT2D eigenvalue weighted by Gasteiger charge is -2.35. The van der Waals surface area contributed by atoms with Gasteiger partial charge in [0.1, 0.15) is 23.0 Å². The Morgan fingerprint density at radius 2 is 1.08 bits per heavy atom. The van der Waals surface area contributed by atoms with Crippen LogP contribution in [-0.2, 0) is 33.4 Å². The molecule has 0 bridgehead atoms. The van der Waals surface area contributed by atoms with Crippen molar-refractivity contribution in [2.24, 2.45) is 0 Å². The molecule has 5 atom stereocenters. The van der Waals surface area contributed by atoms with Crippen LogP contribution >= 0.6 is 94.2 Å². The van der Waals surface area contributed by atoms with Gasteiger partial charge in [-0.1, -0.05) is 178 Å². The zero-order valence-corrected chi connectivity index (χ0v) is 62.8. The Balaban J connectivity index is 0.000000159. The number of nitrogens with zero attached hydrogens (tertiary/aromatic N) is 5. The number of hydrogen-bond acceptors (Lipinski definition) is 11. The van der Waals surface area contributed by atoms with Crippen LogP contribution in [0.1, 0.15) is 125 Å². The van der Waals surface area contributed by atoms with Gasteiger partial charge >= 0.3 is 7.12 Å².